The van der Waals surface area contributed by atoms with E-state index < -0.39 is 0 Å². The summed E-state index contributed by atoms with van der Waals surface area (Å²) in [5.74, 6) is 0.767. The Hall–Kier alpha value is -1.14. The van der Waals surface area contributed by atoms with Gasteiger partial charge in [-0.25, -0.2) is 4.98 Å². The Morgan fingerprint density at radius 3 is 2.95 bits per heavy atom. The number of thiazole rings is 1. The number of amides is 1. The summed E-state index contributed by atoms with van der Waals surface area (Å²) in [7, 11) is 1.66. The zero-order valence-corrected chi connectivity index (χ0v) is 12.3. The molecule has 5 nitrogen and oxygen atoms in total. The second-order valence-electron chi connectivity index (χ2n) is 5.01. The first kappa shape index (κ1) is 14.3. The van der Waals surface area contributed by atoms with E-state index in [0.717, 1.165) is 5.69 Å². The summed E-state index contributed by atoms with van der Waals surface area (Å²) >= 11 is 1.37. The van der Waals surface area contributed by atoms with E-state index >= 15 is 0 Å². The third kappa shape index (κ3) is 3.91. The van der Waals surface area contributed by atoms with Gasteiger partial charge in [0, 0.05) is 25.1 Å². The molecule has 0 radical (unpaired) electrons. The van der Waals surface area contributed by atoms with Gasteiger partial charge < -0.3 is 15.4 Å². The number of carbonyl (C=O) groups is 1. The number of hydrogen-bond acceptors (Lipinski definition) is 5. The largest absolute Gasteiger partial charge is 0.383 e. The Bertz CT molecular complexity index is 431. The summed E-state index contributed by atoms with van der Waals surface area (Å²) in [6.45, 7) is 3.34. The lowest BCUT2D eigenvalue weighted by Crippen LogP contribution is -2.42. The van der Waals surface area contributed by atoms with Gasteiger partial charge in [0.05, 0.1) is 18.7 Å². The molecule has 1 unspecified atom stereocenters. The molecule has 19 heavy (non-hydrogen) atoms. The lowest BCUT2D eigenvalue weighted by Gasteiger charge is -2.29. The van der Waals surface area contributed by atoms with Gasteiger partial charge in [0.2, 0.25) is 5.91 Å². The number of methoxy groups -OCH3 is 1. The van der Waals surface area contributed by atoms with Crippen molar-refractivity contribution < 1.29 is 9.53 Å². The Labute approximate surface area is 117 Å². The van der Waals surface area contributed by atoms with E-state index in [4.69, 9.17) is 10.5 Å². The van der Waals surface area contributed by atoms with Crippen LogP contribution in [-0.4, -0.2) is 42.1 Å². The predicted molar refractivity (Wildman–Crippen MR) is 76.0 cm³/mol. The second kappa shape index (κ2) is 6.34. The highest BCUT2D eigenvalue weighted by Crippen LogP contribution is 2.35. The summed E-state index contributed by atoms with van der Waals surface area (Å²) in [6.07, 6.45) is 2.78. The highest BCUT2D eigenvalue weighted by Gasteiger charge is 2.34. The maximum Gasteiger partial charge on any atom is 0.228 e. The van der Waals surface area contributed by atoms with Gasteiger partial charge in [0.15, 0.2) is 5.13 Å². The number of hydrogen-bond donors (Lipinski definition) is 1. The Balaban J connectivity index is 1.97. The molecule has 1 atom stereocenters. The molecule has 0 bridgehead atoms. The van der Waals surface area contributed by atoms with Crippen LogP contribution in [0.2, 0.25) is 0 Å². The van der Waals surface area contributed by atoms with Crippen LogP contribution in [0.4, 0.5) is 5.13 Å². The van der Waals surface area contributed by atoms with E-state index in [1.165, 1.54) is 24.2 Å². The van der Waals surface area contributed by atoms with E-state index in [-0.39, 0.29) is 5.91 Å². The van der Waals surface area contributed by atoms with Gasteiger partial charge in [0.1, 0.15) is 0 Å². The van der Waals surface area contributed by atoms with Crippen molar-refractivity contribution in [3.63, 3.8) is 0 Å². The molecule has 1 fully saturated rings. The summed E-state index contributed by atoms with van der Waals surface area (Å²) < 4.78 is 5.10. The summed E-state index contributed by atoms with van der Waals surface area (Å²) in [5, 5.41) is 2.37. The summed E-state index contributed by atoms with van der Waals surface area (Å²) in [4.78, 5) is 18.5. The second-order valence-corrected chi connectivity index (χ2v) is 5.90. The van der Waals surface area contributed by atoms with Gasteiger partial charge in [-0.15, -0.1) is 11.3 Å². The average Bonchev–Trinajstić information content (AvgIpc) is 3.14. The van der Waals surface area contributed by atoms with Crippen molar-refractivity contribution in [1.29, 1.82) is 0 Å². The van der Waals surface area contributed by atoms with Crippen molar-refractivity contribution in [2.45, 2.75) is 32.2 Å². The van der Waals surface area contributed by atoms with Crippen LogP contribution in [0.5, 0.6) is 0 Å². The summed E-state index contributed by atoms with van der Waals surface area (Å²) in [6, 6.07) is 0.290. The van der Waals surface area contributed by atoms with E-state index in [1.807, 2.05) is 10.3 Å². The minimum atomic E-state index is 0.113. The van der Waals surface area contributed by atoms with E-state index in [9.17, 15) is 4.79 Å². The van der Waals surface area contributed by atoms with Crippen molar-refractivity contribution in [1.82, 2.24) is 9.88 Å². The fraction of sp³-hybridized carbons (Fsp3) is 0.692. The SMILES string of the molecule is COCCN(C(=O)Cc1csc(N)n1)C(C)C1CC1. The Morgan fingerprint density at radius 1 is 1.68 bits per heavy atom. The molecule has 1 amide bonds. The molecular weight excluding hydrogens is 262 g/mol. The highest BCUT2D eigenvalue weighted by atomic mass is 32.1. The molecule has 0 aromatic carbocycles. The van der Waals surface area contributed by atoms with Gasteiger partial charge in [-0.05, 0) is 25.7 Å². The fourth-order valence-corrected chi connectivity index (χ4v) is 2.80. The number of ether oxygens (including phenoxy) is 1. The first-order valence-electron chi connectivity index (χ1n) is 6.60. The van der Waals surface area contributed by atoms with Gasteiger partial charge in [-0.2, -0.15) is 0 Å². The smallest absolute Gasteiger partial charge is 0.228 e. The van der Waals surface area contributed by atoms with Crippen LogP contribution in [0, 0.1) is 5.92 Å². The molecule has 0 saturated heterocycles. The summed E-state index contributed by atoms with van der Waals surface area (Å²) in [5.41, 5.74) is 6.35. The van der Waals surface area contributed by atoms with Gasteiger partial charge in [-0.3, -0.25) is 4.79 Å². The molecular formula is C13H21N3O2S. The average molecular weight is 283 g/mol. The molecule has 1 aromatic rings. The standard InChI is InChI=1S/C13H21N3O2S/c1-9(10-3-4-10)16(5-6-18-2)12(17)7-11-8-19-13(14)15-11/h8-10H,3-7H2,1-2H3,(H2,14,15). The quantitative estimate of drug-likeness (QED) is 0.824. The minimum absolute atomic E-state index is 0.113. The lowest BCUT2D eigenvalue weighted by molar-refractivity contribution is -0.133. The van der Waals surface area contributed by atoms with Gasteiger partial charge >= 0.3 is 0 Å². The number of carbonyl (C=O) groups excluding carboxylic acids is 1. The topological polar surface area (TPSA) is 68.5 Å². The molecule has 6 heteroatoms. The van der Waals surface area contributed by atoms with Crippen LogP contribution in [0.1, 0.15) is 25.5 Å². The van der Waals surface area contributed by atoms with Crippen molar-refractivity contribution in [3.05, 3.63) is 11.1 Å². The lowest BCUT2D eigenvalue weighted by atomic mass is 10.1. The van der Waals surface area contributed by atoms with Crippen LogP contribution in [0.15, 0.2) is 5.38 Å². The van der Waals surface area contributed by atoms with E-state index in [2.05, 4.69) is 11.9 Å². The number of nitrogens with two attached hydrogens (primary N) is 1. The minimum Gasteiger partial charge on any atom is -0.383 e. The molecule has 106 valence electrons. The maximum absolute atomic E-state index is 12.4. The molecule has 1 heterocycles. The van der Waals surface area contributed by atoms with E-state index in [0.29, 0.717) is 36.7 Å². The molecule has 0 spiro atoms. The van der Waals surface area contributed by atoms with Crippen molar-refractivity contribution in [2.75, 3.05) is 26.0 Å². The van der Waals surface area contributed by atoms with Crippen LogP contribution >= 0.6 is 11.3 Å². The van der Waals surface area contributed by atoms with Gasteiger partial charge in [0.25, 0.3) is 0 Å². The van der Waals surface area contributed by atoms with Crippen LogP contribution in [0.3, 0.4) is 0 Å². The van der Waals surface area contributed by atoms with Gasteiger partial charge in [-0.1, -0.05) is 0 Å². The number of anilines is 1. The predicted octanol–water partition coefficient (Wildman–Crippen LogP) is 1.54. The first-order chi connectivity index (χ1) is 9.11. The zero-order valence-electron chi connectivity index (χ0n) is 11.5. The van der Waals surface area contributed by atoms with Crippen LogP contribution in [0.25, 0.3) is 0 Å². The van der Waals surface area contributed by atoms with Crippen molar-refractivity contribution >= 4 is 22.4 Å². The molecule has 1 aliphatic carbocycles. The Morgan fingerprint density at radius 2 is 2.42 bits per heavy atom. The normalized spacial score (nSPS) is 16.3. The first-order valence-corrected chi connectivity index (χ1v) is 7.48. The van der Waals surface area contributed by atoms with Crippen molar-refractivity contribution in [2.24, 2.45) is 5.92 Å². The Kier molecular flexibility index (Phi) is 4.76. The molecule has 1 saturated carbocycles. The van der Waals surface area contributed by atoms with Crippen molar-refractivity contribution in [3.8, 4) is 0 Å². The number of nitrogens with zero attached hydrogens (tertiary/aromatic N) is 2. The molecule has 2 N–H and O–H groups in total. The molecule has 1 aromatic heterocycles. The third-order valence-corrected chi connectivity index (χ3v) is 4.28. The van der Waals surface area contributed by atoms with E-state index in [1.54, 1.807) is 7.11 Å². The molecule has 2 rings (SSSR count). The zero-order chi connectivity index (χ0) is 13.8. The van der Waals surface area contributed by atoms with Crippen LogP contribution < -0.4 is 5.73 Å². The monoisotopic (exact) mass is 283 g/mol. The molecule has 1 aliphatic rings. The number of nitrogen functional groups attached to an aromatic ring is 1. The third-order valence-electron chi connectivity index (χ3n) is 3.55. The number of rotatable bonds is 7. The van der Waals surface area contributed by atoms with Crippen LogP contribution in [-0.2, 0) is 16.0 Å². The molecule has 0 aliphatic heterocycles. The highest BCUT2D eigenvalue weighted by molar-refractivity contribution is 7.13. The maximum atomic E-state index is 12.4. The fourth-order valence-electron chi connectivity index (χ4n) is 2.24. The number of aromatic nitrogens is 1.